The van der Waals surface area contributed by atoms with Gasteiger partial charge in [0.1, 0.15) is 0 Å². The van der Waals surface area contributed by atoms with E-state index in [1.807, 2.05) is 0 Å². The maximum Gasteiger partial charge on any atom is 0.418 e. The minimum Gasteiger partial charge on any atom is -0.265 e. The van der Waals surface area contributed by atoms with Crippen LogP contribution >= 0.6 is 11.3 Å². The van der Waals surface area contributed by atoms with E-state index in [1.54, 1.807) is 13.8 Å². The minimum absolute atomic E-state index is 0.145. The van der Waals surface area contributed by atoms with E-state index in [4.69, 9.17) is 0 Å². The van der Waals surface area contributed by atoms with Crippen molar-refractivity contribution in [3.63, 3.8) is 0 Å². The molecular weight excluding hydrogens is 315 g/mol. The van der Waals surface area contributed by atoms with Gasteiger partial charge in [-0.1, -0.05) is 12.1 Å². The summed E-state index contributed by atoms with van der Waals surface area (Å²) in [5, 5.41) is 4.70. The van der Waals surface area contributed by atoms with Crippen molar-refractivity contribution >= 4 is 21.6 Å². The van der Waals surface area contributed by atoms with Gasteiger partial charge in [-0.15, -0.1) is 11.3 Å². The molecule has 0 N–H and O–H groups in total. The largest absolute Gasteiger partial charge is 0.418 e. The Bertz CT molecular complexity index is 927. The van der Waals surface area contributed by atoms with Crippen LogP contribution < -0.4 is 5.56 Å². The minimum atomic E-state index is -4.57. The summed E-state index contributed by atoms with van der Waals surface area (Å²) >= 11 is 1.30. The van der Waals surface area contributed by atoms with Crippen LogP contribution in [0.25, 0.3) is 15.9 Å². The standard InChI is InChI=1S/C14H10F3N3OS/c1-7-12-11(18-8(2)22-12)13(21)20(19-7)10-6-4-3-5-9(10)14(15,16)17/h3-6H,1-2H3. The van der Waals surface area contributed by atoms with Crippen molar-refractivity contribution in [1.82, 2.24) is 14.8 Å². The van der Waals surface area contributed by atoms with Gasteiger partial charge >= 0.3 is 6.18 Å². The van der Waals surface area contributed by atoms with Gasteiger partial charge in [0.25, 0.3) is 5.56 Å². The second-order valence-corrected chi connectivity index (χ2v) is 5.93. The molecule has 0 fully saturated rings. The van der Waals surface area contributed by atoms with Crippen molar-refractivity contribution in [3.05, 3.63) is 50.9 Å². The molecule has 0 saturated heterocycles. The molecule has 3 aromatic rings. The Morgan fingerprint density at radius 1 is 1.18 bits per heavy atom. The first-order valence-electron chi connectivity index (χ1n) is 6.32. The zero-order valence-electron chi connectivity index (χ0n) is 11.6. The normalized spacial score (nSPS) is 12.0. The van der Waals surface area contributed by atoms with Crippen molar-refractivity contribution in [1.29, 1.82) is 0 Å². The summed E-state index contributed by atoms with van der Waals surface area (Å²) in [7, 11) is 0. The quantitative estimate of drug-likeness (QED) is 0.688. The van der Waals surface area contributed by atoms with Crippen LogP contribution in [0.3, 0.4) is 0 Å². The summed E-state index contributed by atoms with van der Waals surface area (Å²) in [4.78, 5) is 16.6. The van der Waals surface area contributed by atoms with Gasteiger partial charge in [0.05, 0.1) is 26.7 Å². The Morgan fingerprint density at radius 2 is 1.86 bits per heavy atom. The Balaban J connectivity index is 2.37. The van der Waals surface area contributed by atoms with E-state index in [1.165, 1.54) is 29.5 Å². The van der Waals surface area contributed by atoms with Gasteiger partial charge in [-0.05, 0) is 26.0 Å². The molecule has 0 aliphatic heterocycles. The third kappa shape index (κ3) is 2.29. The molecule has 0 amide bonds. The van der Waals surface area contributed by atoms with Gasteiger partial charge in [-0.2, -0.15) is 23.0 Å². The summed E-state index contributed by atoms with van der Waals surface area (Å²) in [6, 6.07) is 4.86. The Kier molecular flexibility index (Phi) is 3.28. The van der Waals surface area contributed by atoms with Crippen LogP contribution in [0, 0.1) is 13.8 Å². The topological polar surface area (TPSA) is 47.8 Å². The van der Waals surface area contributed by atoms with Crippen molar-refractivity contribution in [2.75, 3.05) is 0 Å². The molecule has 2 heterocycles. The fourth-order valence-corrected chi connectivity index (χ4v) is 3.07. The summed E-state index contributed by atoms with van der Waals surface area (Å²) in [5.41, 5.74) is -1.24. The fraction of sp³-hybridized carbons (Fsp3) is 0.214. The predicted octanol–water partition coefficient (Wildman–Crippen LogP) is 3.48. The van der Waals surface area contributed by atoms with Gasteiger partial charge in [0.2, 0.25) is 0 Å². The molecule has 0 aliphatic rings. The number of nitrogens with zero attached hydrogens (tertiary/aromatic N) is 3. The summed E-state index contributed by atoms with van der Waals surface area (Å²) in [6.07, 6.45) is -4.57. The van der Waals surface area contributed by atoms with Crippen LogP contribution in [-0.2, 0) is 6.18 Å². The SMILES string of the molecule is Cc1nc2c(=O)n(-c3ccccc3C(F)(F)F)nc(C)c2s1. The predicted molar refractivity (Wildman–Crippen MR) is 77.5 cm³/mol. The highest BCUT2D eigenvalue weighted by Crippen LogP contribution is 2.33. The smallest absolute Gasteiger partial charge is 0.265 e. The molecule has 0 bridgehead atoms. The van der Waals surface area contributed by atoms with Crippen LogP contribution in [0.5, 0.6) is 0 Å². The number of thiazole rings is 1. The molecule has 0 aliphatic carbocycles. The first-order valence-corrected chi connectivity index (χ1v) is 7.14. The summed E-state index contributed by atoms with van der Waals surface area (Å²) < 4.78 is 40.8. The number of halogens is 3. The van der Waals surface area contributed by atoms with E-state index in [-0.39, 0.29) is 11.2 Å². The Morgan fingerprint density at radius 3 is 2.55 bits per heavy atom. The number of aromatic nitrogens is 3. The molecule has 114 valence electrons. The van der Waals surface area contributed by atoms with Crippen LogP contribution in [0.1, 0.15) is 16.3 Å². The monoisotopic (exact) mass is 325 g/mol. The summed E-state index contributed by atoms with van der Waals surface area (Å²) in [5.74, 6) is 0. The third-order valence-electron chi connectivity index (χ3n) is 3.15. The molecule has 3 rings (SSSR count). The third-order valence-corrected chi connectivity index (χ3v) is 4.22. The number of alkyl halides is 3. The van der Waals surface area contributed by atoms with E-state index in [0.717, 1.165) is 10.7 Å². The molecule has 22 heavy (non-hydrogen) atoms. The van der Waals surface area contributed by atoms with Crippen molar-refractivity contribution in [2.24, 2.45) is 0 Å². The van der Waals surface area contributed by atoms with E-state index < -0.39 is 17.3 Å². The van der Waals surface area contributed by atoms with E-state index in [2.05, 4.69) is 10.1 Å². The lowest BCUT2D eigenvalue weighted by atomic mass is 10.1. The Labute approximate surface area is 126 Å². The Hall–Kier alpha value is -2.22. The molecular formula is C14H10F3N3OS. The highest BCUT2D eigenvalue weighted by molar-refractivity contribution is 7.18. The highest BCUT2D eigenvalue weighted by atomic mass is 32.1. The lowest BCUT2D eigenvalue weighted by Crippen LogP contribution is -2.25. The lowest BCUT2D eigenvalue weighted by molar-refractivity contribution is -0.137. The van der Waals surface area contributed by atoms with Gasteiger partial charge in [-0.25, -0.2) is 4.98 Å². The van der Waals surface area contributed by atoms with E-state index in [9.17, 15) is 18.0 Å². The molecule has 0 saturated carbocycles. The zero-order valence-corrected chi connectivity index (χ0v) is 12.4. The van der Waals surface area contributed by atoms with Crippen LogP contribution in [-0.4, -0.2) is 14.8 Å². The molecule has 4 nitrogen and oxygen atoms in total. The van der Waals surface area contributed by atoms with Gasteiger partial charge in [0.15, 0.2) is 5.52 Å². The van der Waals surface area contributed by atoms with Crippen LogP contribution in [0.15, 0.2) is 29.1 Å². The second-order valence-electron chi connectivity index (χ2n) is 4.73. The first-order chi connectivity index (χ1) is 10.3. The number of fused-ring (bicyclic) bond motifs is 1. The number of benzene rings is 1. The van der Waals surface area contributed by atoms with Crippen molar-refractivity contribution in [2.45, 2.75) is 20.0 Å². The lowest BCUT2D eigenvalue weighted by Gasteiger charge is -2.13. The van der Waals surface area contributed by atoms with Gasteiger partial charge in [-0.3, -0.25) is 4.79 Å². The first kappa shape index (κ1) is 14.7. The average Bonchev–Trinajstić information content (AvgIpc) is 2.85. The van der Waals surface area contributed by atoms with Crippen LogP contribution in [0.2, 0.25) is 0 Å². The molecule has 0 unspecified atom stereocenters. The zero-order chi connectivity index (χ0) is 16.1. The van der Waals surface area contributed by atoms with Gasteiger partial charge < -0.3 is 0 Å². The molecule has 0 atom stereocenters. The van der Waals surface area contributed by atoms with Crippen LogP contribution in [0.4, 0.5) is 13.2 Å². The second kappa shape index (κ2) is 4.91. The number of aryl methyl sites for hydroxylation is 2. The van der Waals surface area contributed by atoms with Crippen molar-refractivity contribution < 1.29 is 13.2 Å². The maximum absolute atomic E-state index is 13.1. The van der Waals surface area contributed by atoms with E-state index in [0.29, 0.717) is 15.4 Å². The fourth-order valence-electron chi connectivity index (χ4n) is 2.22. The number of para-hydroxylation sites is 1. The number of hydrogen-bond donors (Lipinski definition) is 0. The highest BCUT2D eigenvalue weighted by Gasteiger charge is 2.34. The van der Waals surface area contributed by atoms with Gasteiger partial charge in [0, 0.05) is 0 Å². The maximum atomic E-state index is 13.1. The van der Waals surface area contributed by atoms with Crippen molar-refractivity contribution in [3.8, 4) is 5.69 Å². The molecule has 0 radical (unpaired) electrons. The summed E-state index contributed by atoms with van der Waals surface area (Å²) in [6.45, 7) is 3.38. The molecule has 2 aromatic heterocycles. The average molecular weight is 325 g/mol. The number of rotatable bonds is 1. The molecule has 0 spiro atoms. The molecule has 1 aromatic carbocycles. The molecule has 8 heteroatoms. The van der Waals surface area contributed by atoms with E-state index >= 15 is 0 Å². The number of hydrogen-bond acceptors (Lipinski definition) is 4.